The van der Waals surface area contributed by atoms with Crippen LogP contribution in [0.2, 0.25) is 0 Å². The highest BCUT2D eigenvalue weighted by Crippen LogP contribution is 2.50. The number of anilines is 2. The summed E-state index contributed by atoms with van der Waals surface area (Å²) in [5, 5.41) is 8.86. The summed E-state index contributed by atoms with van der Waals surface area (Å²) in [6, 6.07) is 33.6. The molecule has 5 aromatic carbocycles. The minimum absolute atomic E-state index is 0.0595. The monoisotopic (exact) mass is 477 g/mol. The first kappa shape index (κ1) is 22.1. The van der Waals surface area contributed by atoms with Gasteiger partial charge in [0.15, 0.2) is 0 Å². The van der Waals surface area contributed by atoms with Gasteiger partial charge in [0.1, 0.15) is 0 Å². The van der Waals surface area contributed by atoms with E-state index < -0.39 is 0 Å². The van der Waals surface area contributed by atoms with Gasteiger partial charge in [0.05, 0.1) is 0 Å². The van der Waals surface area contributed by atoms with Crippen LogP contribution in [0.4, 0.5) is 11.4 Å². The second-order valence-electron chi connectivity index (χ2n) is 11.2. The maximum atomic E-state index is 3.78. The molecular formula is C36H31N. The molecule has 1 N–H and O–H groups in total. The Bertz CT molecular complexity index is 1770. The number of allylic oxidation sites excluding steroid dienone is 4. The zero-order chi connectivity index (χ0) is 25.1. The number of hydrogen-bond donors (Lipinski definition) is 1. The maximum Gasteiger partial charge on any atom is 0.0470 e. The van der Waals surface area contributed by atoms with E-state index in [0.29, 0.717) is 5.92 Å². The van der Waals surface area contributed by atoms with Gasteiger partial charge in [-0.3, -0.25) is 0 Å². The maximum absolute atomic E-state index is 3.78. The molecule has 1 unspecified atom stereocenters. The molecule has 1 nitrogen and oxygen atoms in total. The lowest BCUT2D eigenvalue weighted by Crippen LogP contribution is -2.15. The van der Waals surface area contributed by atoms with Crippen LogP contribution in [0, 0.1) is 5.92 Å². The average Bonchev–Trinajstić information content (AvgIpc) is 3.15. The summed E-state index contributed by atoms with van der Waals surface area (Å²) in [6.45, 7) is 7.01. The molecule has 0 heterocycles. The molecule has 180 valence electrons. The summed E-state index contributed by atoms with van der Waals surface area (Å²) in [4.78, 5) is 0. The van der Waals surface area contributed by atoms with Crippen LogP contribution < -0.4 is 5.32 Å². The molecule has 37 heavy (non-hydrogen) atoms. The zero-order valence-electron chi connectivity index (χ0n) is 21.7. The molecule has 7 rings (SSSR count). The van der Waals surface area contributed by atoms with Crippen molar-refractivity contribution in [1.29, 1.82) is 0 Å². The van der Waals surface area contributed by atoms with Gasteiger partial charge in [-0.15, -0.1) is 0 Å². The smallest absolute Gasteiger partial charge is 0.0470 e. The van der Waals surface area contributed by atoms with E-state index in [1.165, 1.54) is 54.9 Å². The molecule has 0 aliphatic heterocycles. The molecular weight excluding hydrogens is 446 g/mol. The van der Waals surface area contributed by atoms with Gasteiger partial charge < -0.3 is 5.32 Å². The van der Waals surface area contributed by atoms with Crippen LogP contribution in [0.1, 0.15) is 43.9 Å². The molecule has 0 amide bonds. The number of fused-ring (bicyclic) bond motifs is 6. The third-order valence-electron chi connectivity index (χ3n) is 8.37. The van der Waals surface area contributed by atoms with E-state index in [-0.39, 0.29) is 5.41 Å². The van der Waals surface area contributed by atoms with Crippen molar-refractivity contribution in [3.63, 3.8) is 0 Å². The Morgan fingerprint density at radius 2 is 1.43 bits per heavy atom. The summed E-state index contributed by atoms with van der Waals surface area (Å²) in [7, 11) is 0. The summed E-state index contributed by atoms with van der Waals surface area (Å²) in [5.74, 6) is 0.629. The molecule has 0 radical (unpaired) electrons. The van der Waals surface area contributed by atoms with Gasteiger partial charge in [-0.1, -0.05) is 106 Å². The van der Waals surface area contributed by atoms with Gasteiger partial charge in [0.2, 0.25) is 0 Å². The number of benzene rings is 5. The first-order valence-electron chi connectivity index (χ1n) is 13.3. The first-order chi connectivity index (χ1) is 18.0. The van der Waals surface area contributed by atoms with E-state index in [1.54, 1.807) is 0 Å². The molecule has 0 bridgehead atoms. The van der Waals surface area contributed by atoms with E-state index in [1.807, 2.05) is 0 Å². The number of rotatable bonds is 3. The Kier molecular flexibility index (Phi) is 4.91. The second-order valence-corrected chi connectivity index (χ2v) is 11.2. The number of hydrogen-bond acceptors (Lipinski definition) is 1. The predicted octanol–water partition coefficient (Wildman–Crippen LogP) is 10.0. The highest BCUT2D eigenvalue weighted by molar-refractivity contribution is 6.13. The SMILES string of the molecule is CC1C=CC(c2ccc3c(c2)C(C)(C)c2cc(Nc4cc5ccccc5c5ccccc45)ccc2-3)=CC1. The van der Waals surface area contributed by atoms with E-state index in [9.17, 15) is 0 Å². The summed E-state index contributed by atoms with van der Waals surface area (Å²) < 4.78 is 0. The van der Waals surface area contributed by atoms with Crippen LogP contribution in [-0.2, 0) is 5.41 Å². The Morgan fingerprint density at radius 1 is 0.730 bits per heavy atom. The summed E-state index contributed by atoms with van der Waals surface area (Å²) in [5.41, 5.74) is 10.4. The highest BCUT2D eigenvalue weighted by atomic mass is 14.9. The van der Waals surface area contributed by atoms with E-state index in [4.69, 9.17) is 0 Å². The van der Waals surface area contributed by atoms with Crippen LogP contribution in [0.3, 0.4) is 0 Å². The van der Waals surface area contributed by atoms with E-state index >= 15 is 0 Å². The molecule has 5 aromatic rings. The predicted molar refractivity (Wildman–Crippen MR) is 160 cm³/mol. The Morgan fingerprint density at radius 3 is 2.22 bits per heavy atom. The van der Waals surface area contributed by atoms with Gasteiger partial charge in [-0.05, 0) is 86.2 Å². The van der Waals surface area contributed by atoms with Gasteiger partial charge in [-0.25, -0.2) is 0 Å². The van der Waals surface area contributed by atoms with Gasteiger partial charge in [0, 0.05) is 22.2 Å². The van der Waals surface area contributed by atoms with Gasteiger partial charge in [0.25, 0.3) is 0 Å². The molecule has 1 heteroatoms. The molecule has 0 spiro atoms. The lowest BCUT2D eigenvalue weighted by molar-refractivity contribution is 0.660. The quantitative estimate of drug-likeness (QED) is 0.255. The normalized spacial score (nSPS) is 17.5. The highest BCUT2D eigenvalue weighted by Gasteiger charge is 2.36. The molecule has 2 aliphatic rings. The largest absolute Gasteiger partial charge is 0.355 e. The summed E-state index contributed by atoms with van der Waals surface area (Å²) >= 11 is 0. The fraction of sp³-hybridized carbons (Fsp3) is 0.167. The zero-order valence-corrected chi connectivity index (χ0v) is 21.7. The Balaban J connectivity index is 1.29. The molecule has 0 fully saturated rings. The van der Waals surface area contributed by atoms with Gasteiger partial charge in [-0.2, -0.15) is 0 Å². The standard InChI is InChI=1S/C36H31N/c1-23-12-14-24(15-13-23)25-16-18-30-31-19-17-27(22-34(31)36(2,3)33(30)20-25)37-35-21-26-8-4-5-9-28(26)29-10-6-7-11-32(29)35/h4-12,14-23,37H,13H2,1-3H3. The van der Waals surface area contributed by atoms with Crippen LogP contribution in [0.5, 0.6) is 0 Å². The molecule has 0 saturated carbocycles. The van der Waals surface area contributed by atoms with Crippen molar-refractivity contribution in [2.45, 2.75) is 32.6 Å². The molecule has 0 aromatic heterocycles. The van der Waals surface area contributed by atoms with Crippen LogP contribution in [-0.4, -0.2) is 0 Å². The first-order valence-corrected chi connectivity index (χ1v) is 13.3. The lowest BCUT2D eigenvalue weighted by atomic mass is 9.81. The van der Waals surface area contributed by atoms with E-state index in [0.717, 1.165) is 17.8 Å². The van der Waals surface area contributed by atoms with Crippen molar-refractivity contribution in [2.24, 2.45) is 5.92 Å². The minimum Gasteiger partial charge on any atom is -0.355 e. The number of nitrogens with one attached hydrogen (secondary N) is 1. The van der Waals surface area contributed by atoms with Crippen molar-refractivity contribution in [3.05, 3.63) is 126 Å². The molecule has 2 aliphatic carbocycles. The fourth-order valence-corrected chi connectivity index (χ4v) is 6.25. The second kappa shape index (κ2) is 8.21. The molecule has 1 atom stereocenters. The third-order valence-corrected chi connectivity index (χ3v) is 8.37. The fourth-order valence-electron chi connectivity index (χ4n) is 6.25. The van der Waals surface area contributed by atoms with Crippen molar-refractivity contribution in [3.8, 4) is 11.1 Å². The molecule has 0 saturated heterocycles. The summed E-state index contributed by atoms with van der Waals surface area (Å²) in [6.07, 6.45) is 8.13. The third kappa shape index (κ3) is 3.53. The van der Waals surface area contributed by atoms with Crippen molar-refractivity contribution >= 4 is 38.5 Å². The van der Waals surface area contributed by atoms with Crippen LogP contribution in [0.25, 0.3) is 38.2 Å². The van der Waals surface area contributed by atoms with Crippen LogP contribution >= 0.6 is 0 Å². The van der Waals surface area contributed by atoms with Crippen molar-refractivity contribution in [1.82, 2.24) is 0 Å². The van der Waals surface area contributed by atoms with E-state index in [2.05, 4.69) is 135 Å². The lowest BCUT2D eigenvalue weighted by Gasteiger charge is -2.23. The van der Waals surface area contributed by atoms with Gasteiger partial charge >= 0.3 is 0 Å². The van der Waals surface area contributed by atoms with Crippen molar-refractivity contribution in [2.75, 3.05) is 5.32 Å². The topological polar surface area (TPSA) is 12.0 Å². The van der Waals surface area contributed by atoms with Crippen LogP contribution in [0.15, 0.2) is 109 Å². The average molecular weight is 478 g/mol. The Hall–Kier alpha value is -4.10. The minimum atomic E-state index is -0.0595. The van der Waals surface area contributed by atoms with Crippen molar-refractivity contribution < 1.29 is 0 Å². The Labute approximate surface area is 219 Å².